The highest BCUT2D eigenvalue weighted by molar-refractivity contribution is 5.85. The van der Waals surface area contributed by atoms with Gasteiger partial charge in [0.25, 0.3) is 0 Å². The molecule has 1 aromatic carbocycles. The summed E-state index contributed by atoms with van der Waals surface area (Å²) in [6.07, 6.45) is 4.31. The minimum Gasteiger partial charge on any atom is -0.466 e. The molecule has 3 unspecified atom stereocenters. The minimum absolute atomic E-state index is 0. The molecule has 0 spiro atoms. The van der Waals surface area contributed by atoms with Crippen LogP contribution in [0.5, 0.6) is 0 Å². The highest BCUT2D eigenvalue weighted by Crippen LogP contribution is 2.27. The maximum atomic E-state index is 12.1. The molecule has 2 rings (SSSR count). The second-order valence-corrected chi connectivity index (χ2v) is 5.55. The number of nitrogens with one attached hydrogen (secondary N) is 1. The van der Waals surface area contributed by atoms with Crippen LogP contribution in [0.15, 0.2) is 30.3 Å². The summed E-state index contributed by atoms with van der Waals surface area (Å²) >= 11 is 0. The molecule has 1 aliphatic rings. The molecule has 0 radical (unpaired) electrons. The predicted molar refractivity (Wildman–Crippen MR) is 87.6 cm³/mol. The molecule has 1 N–H and O–H groups in total. The normalized spacial score (nSPS) is 23.0. The number of benzene rings is 1. The SMILES string of the molecule is CCOC(=O)C1CCCCC1NC(C)c1ccccc1.Cl. The molecule has 1 fully saturated rings. The van der Waals surface area contributed by atoms with Gasteiger partial charge < -0.3 is 10.1 Å². The summed E-state index contributed by atoms with van der Waals surface area (Å²) in [5, 5.41) is 3.62. The summed E-state index contributed by atoms with van der Waals surface area (Å²) in [4.78, 5) is 12.1. The molecule has 1 saturated carbocycles. The molecule has 0 aliphatic heterocycles. The topological polar surface area (TPSA) is 38.3 Å². The lowest BCUT2D eigenvalue weighted by molar-refractivity contribution is -0.150. The van der Waals surface area contributed by atoms with Crippen LogP contribution in [0.25, 0.3) is 0 Å². The van der Waals surface area contributed by atoms with Gasteiger partial charge in [0.1, 0.15) is 0 Å². The van der Waals surface area contributed by atoms with Gasteiger partial charge in [-0.3, -0.25) is 4.79 Å². The number of esters is 1. The molecule has 1 aromatic rings. The van der Waals surface area contributed by atoms with Gasteiger partial charge >= 0.3 is 5.97 Å². The molecule has 0 bridgehead atoms. The van der Waals surface area contributed by atoms with Crippen molar-refractivity contribution in [3.8, 4) is 0 Å². The van der Waals surface area contributed by atoms with Gasteiger partial charge in [0.15, 0.2) is 0 Å². The van der Waals surface area contributed by atoms with E-state index < -0.39 is 0 Å². The number of carbonyl (C=O) groups is 1. The van der Waals surface area contributed by atoms with Crippen LogP contribution in [0.2, 0.25) is 0 Å². The van der Waals surface area contributed by atoms with Gasteiger partial charge in [0.05, 0.1) is 12.5 Å². The van der Waals surface area contributed by atoms with E-state index in [0.717, 1.165) is 19.3 Å². The predicted octanol–water partition coefficient (Wildman–Crippen LogP) is 3.88. The number of ether oxygens (including phenoxy) is 1. The van der Waals surface area contributed by atoms with E-state index in [9.17, 15) is 4.79 Å². The molecular formula is C17H26ClNO2. The van der Waals surface area contributed by atoms with E-state index in [1.54, 1.807) is 0 Å². The first kappa shape index (κ1) is 18.0. The summed E-state index contributed by atoms with van der Waals surface area (Å²) in [6, 6.07) is 10.9. The average Bonchev–Trinajstić information content (AvgIpc) is 2.49. The van der Waals surface area contributed by atoms with Crippen molar-refractivity contribution in [1.29, 1.82) is 0 Å². The summed E-state index contributed by atoms with van der Waals surface area (Å²) in [5.41, 5.74) is 1.26. The van der Waals surface area contributed by atoms with E-state index in [4.69, 9.17) is 4.74 Å². The van der Waals surface area contributed by atoms with Crippen molar-refractivity contribution in [3.05, 3.63) is 35.9 Å². The average molecular weight is 312 g/mol. The summed E-state index contributed by atoms with van der Waals surface area (Å²) in [5.74, 6) is -0.0279. The van der Waals surface area contributed by atoms with E-state index in [2.05, 4.69) is 36.5 Å². The first-order chi connectivity index (χ1) is 9.72. The lowest BCUT2D eigenvalue weighted by Crippen LogP contribution is -2.43. The van der Waals surface area contributed by atoms with Crippen molar-refractivity contribution in [1.82, 2.24) is 5.32 Å². The van der Waals surface area contributed by atoms with Crippen LogP contribution < -0.4 is 5.32 Å². The van der Waals surface area contributed by atoms with Crippen LogP contribution in [0.4, 0.5) is 0 Å². The summed E-state index contributed by atoms with van der Waals surface area (Å²) in [7, 11) is 0. The van der Waals surface area contributed by atoms with Crippen LogP contribution in [0.3, 0.4) is 0 Å². The van der Waals surface area contributed by atoms with Crippen molar-refractivity contribution in [2.45, 2.75) is 51.6 Å². The van der Waals surface area contributed by atoms with Crippen LogP contribution in [-0.2, 0) is 9.53 Å². The van der Waals surface area contributed by atoms with Crippen molar-refractivity contribution in [3.63, 3.8) is 0 Å². The molecule has 0 heterocycles. The number of carbonyl (C=O) groups excluding carboxylic acids is 1. The highest BCUT2D eigenvalue weighted by atomic mass is 35.5. The molecule has 118 valence electrons. The molecule has 3 atom stereocenters. The highest BCUT2D eigenvalue weighted by Gasteiger charge is 2.32. The fourth-order valence-electron chi connectivity index (χ4n) is 3.02. The Morgan fingerprint density at radius 3 is 2.62 bits per heavy atom. The maximum absolute atomic E-state index is 12.1. The number of hydrogen-bond acceptors (Lipinski definition) is 3. The third-order valence-electron chi connectivity index (χ3n) is 4.12. The van der Waals surface area contributed by atoms with Crippen molar-refractivity contribution >= 4 is 18.4 Å². The van der Waals surface area contributed by atoms with Crippen LogP contribution in [0, 0.1) is 5.92 Å². The fraction of sp³-hybridized carbons (Fsp3) is 0.588. The third-order valence-corrected chi connectivity index (χ3v) is 4.12. The van der Waals surface area contributed by atoms with Crippen molar-refractivity contribution in [2.75, 3.05) is 6.61 Å². The Kier molecular flexibility index (Phi) is 7.76. The standard InChI is InChI=1S/C17H25NO2.ClH/c1-3-20-17(19)15-11-7-8-12-16(15)18-13(2)14-9-5-4-6-10-14;/h4-6,9-10,13,15-16,18H,3,7-8,11-12H2,1-2H3;1H. The Labute approximate surface area is 133 Å². The van der Waals surface area contributed by atoms with Crippen molar-refractivity contribution < 1.29 is 9.53 Å². The van der Waals surface area contributed by atoms with E-state index in [1.807, 2.05) is 13.0 Å². The third kappa shape index (κ3) is 5.01. The smallest absolute Gasteiger partial charge is 0.310 e. The molecule has 3 nitrogen and oxygen atoms in total. The van der Waals surface area contributed by atoms with Crippen LogP contribution in [0.1, 0.15) is 51.1 Å². The molecule has 0 aromatic heterocycles. The second kappa shape index (κ2) is 9.06. The summed E-state index contributed by atoms with van der Waals surface area (Å²) in [6.45, 7) is 4.50. The van der Waals surface area contributed by atoms with Gasteiger partial charge in [-0.05, 0) is 32.3 Å². The molecule has 0 saturated heterocycles. The molecule has 4 heteroatoms. The number of halogens is 1. The fourth-order valence-corrected chi connectivity index (χ4v) is 3.02. The van der Waals surface area contributed by atoms with E-state index in [-0.39, 0.29) is 36.4 Å². The molecular weight excluding hydrogens is 286 g/mol. The van der Waals surface area contributed by atoms with Gasteiger partial charge in [0.2, 0.25) is 0 Å². The Morgan fingerprint density at radius 1 is 1.29 bits per heavy atom. The number of rotatable bonds is 5. The minimum atomic E-state index is -0.0371. The zero-order valence-electron chi connectivity index (χ0n) is 12.9. The first-order valence-corrected chi connectivity index (χ1v) is 7.70. The molecule has 1 aliphatic carbocycles. The van der Waals surface area contributed by atoms with Crippen LogP contribution >= 0.6 is 12.4 Å². The van der Waals surface area contributed by atoms with Crippen molar-refractivity contribution in [2.24, 2.45) is 5.92 Å². The lowest BCUT2D eigenvalue weighted by Gasteiger charge is -2.33. The summed E-state index contributed by atoms with van der Waals surface area (Å²) < 4.78 is 5.22. The Hall–Kier alpha value is -1.06. The molecule has 0 amide bonds. The lowest BCUT2D eigenvalue weighted by atomic mass is 9.84. The van der Waals surface area contributed by atoms with Gasteiger partial charge in [-0.2, -0.15) is 0 Å². The van der Waals surface area contributed by atoms with Gasteiger partial charge in [0, 0.05) is 12.1 Å². The first-order valence-electron chi connectivity index (χ1n) is 7.70. The van der Waals surface area contributed by atoms with Crippen LogP contribution in [-0.4, -0.2) is 18.6 Å². The van der Waals surface area contributed by atoms with E-state index in [1.165, 1.54) is 12.0 Å². The second-order valence-electron chi connectivity index (χ2n) is 5.55. The number of hydrogen-bond donors (Lipinski definition) is 1. The quantitative estimate of drug-likeness (QED) is 0.839. The Balaban J connectivity index is 0.00000220. The Bertz CT molecular complexity index is 424. The maximum Gasteiger partial charge on any atom is 0.310 e. The molecule has 21 heavy (non-hydrogen) atoms. The Morgan fingerprint density at radius 2 is 1.95 bits per heavy atom. The zero-order valence-corrected chi connectivity index (χ0v) is 13.7. The van der Waals surface area contributed by atoms with Gasteiger partial charge in [-0.1, -0.05) is 43.2 Å². The zero-order chi connectivity index (χ0) is 14.4. The van der Waals surface area contributed by atoms with E-state index >= 15 is 0 Å². The van der Waals surface area contributed by atoms with Gasteiger partial charge in [-0.25, -0.2) is 0 Å². The van der Waals surface area contributed by atoms with E-state index in [0.29, 0.717) is 6.61 Å². The van der Waals surface area contributed by atoms with Gasteiger partial charge in [-0.15, -0.1) is 12.4 Å². The largest absolute Gasteiger partial charge is 0.466 e. The monoisotopic (exact) mass is 311 g/mol.